The molecule has 0 spiro atoms. The number of halogens is 1. The van der Waals surface area contributed by atoms with Gasteiger partial charge in [0, 0.05) is 24.2 Å². The number of carbonyl (C=O) groups excluding carboxylic acids is 1. The van der Waals surface area contributed by atoms with Gasteiger partial charge in [0.05, 0.1) is 10.8 Å². The van der Waals surface area contributed by atoms with E-state index in [4.69, 9.17) is 11.6 Å². The van der Waals surface area contributed by atoms with Crippen LogP contribution in [0.2, 0.25) is 5.02 Å². The fraction of sp³-hybridized carbons (Fsp3) is 0.708. The van der Waals surface area contributed by atoms with Gasteiger partial charge in [-0.25, -0.2) is 8.42 Å². The molecule has 1 N–H and O–H groups in total. The van der Waals surface area contributed by atoms with Gasteiger partial charge in [0.25, 0.3) is 0 Å². The second-order valence-electron chi connectivity index (χ2n) is 10.3. The summed E-state index contributed by atoms with van der Waals surface area (Å²) in [5.74, 6) is 0.164. The molecule has 5 nitrogen and oxygen atoms in total. The van der Waals surface area contributed by atoms with E-state index in [9.17, 15) is 13.2 Å². The molecule has 2 fully saturated rings. The minimum Gasteiger partial charge on any atom is -0.353 e. The van der Waals surface area contributed by atoms with Gasteiger partial charge >= 0.3 is 0 Å². The molecule has 2 unspecified atom stereocenters. The topological polar surface area (TPSA) is 66.5 Å². The van der Waals surface area contributed by atoms with Crippen molar-refractivity contribution in [3.63, 3.8) is 0 Å². The highest BCUT2D eigenvalue weighted by molar-refractivity contribution is 7.89. The number of sulfonamides is 1. The average Bonchev–Trinajstić information content (AvgIpc) is 2.90. The van der Waals surface area contributed by atoms with E-state index in [1.54, 1.807) is 25.1 Å². The van der Waals surface area contributed by atoms with Crippen molar-refractivity contribution in [2.45, 2.75) is 78.2 Å². The lowest BCUT2D eigenvalue weighted by Gasteiger charge is -2.44. The fourth-order valence-corrected chi connectivity index (χ4v) is 7.51. The lowest BCUT2D eigenvalue weighted by molar-refractivity contribution is -0.127. The van der Waals surface area contributed by atoms with Gasteiger partial charge < -0.3 is 5.32 Å². The number of hydrogen-bond donors (Lipinski definition) is 1. The minimum atomic E-state index is -3.69. The quantitative estimate of drug-likeness (QED) is 0.660. The standard InChI is InChI=1S/C24H37ClN2O3S/c1-7-24(6)21(14-16(2)23(24,4)5)26-22(28)18-10-9-13-27(15-18)31(29,30)20-12-8-11-19(25)17(20)3/h8,11-12,16,18,21H,7,9-10,13-15H2,1-6H3,(H,26,28)/t16-,18?,21-,24?/m0/s1. The van der Waals surface area contributed by atoms with E-state index >= 15 is 0 Å². The van der Waals surface area contributed by atoms with E-state index in [-0.39, 0.29) is 40.1 Å². The molecule has 1 aromatic rings. The summed E-state index contributed by atoms with van der Waals surface area (Å²) in [4.78, 5) is 13.5. The lowest BCUT2D eigenvalue weighted by atomic mass is 9.63. The van der Waals surface area contributed by atoms with Crippen LogP contribution in [0, 0.1) is 29.6 Å². The summed E-state index contributed by atoms with van der Waals surface area (Å²) in [6, 6.07) is 5.05. The highest BCUT2D eigenvalue weighted by atomic mass is 35.5. The number of nitrogens with one attached hydrogen (secondary N) is 1. The average molecular weight is 469 g/mol. The van der Waals surface area contributed by atoms with Crippen LogP contribution in [0.1, 0.15) is 65.9 Å². The summed E-state index contributed by atoms with van der Waals surface area (Å²) in [5.41, 5.74) is 0.697. The van der Waals surface area contributed by atoms with Crippen molar-refractivity contribution < 1.29 is 13.2 Å². The molecule has 0 radical (unpaired) electrons. The van der Waals surface area contributed by atoms with Gasteiger partial charge in [0.15, 0.2) is 0 Å². The van der Waals surface area contributed by atoms with Crippen LogP contribution in [0.4, 0.5) is 0 Å². The second-order valence-corrected chi connectivity index (χ2v) is 12.6. The van der Waals surface area contributed by atoms with Crippen molar-refractivity contribution in [1.82, 2.24) is 9.62 Å². The number of amides is 1. The first-order chi connectivity index (χ1) is 14.4. The van der Waals surface area contributed by atoms with Crippen LogP contribution >= 0.6 is 11.6 Å². The summed E-state index contributed by atoms with van der Waals surface area (Å²) in [7, 11) is -3.69. The maximum absolute atomic E-state index is 13.3. The fourth-order valence-electron chi connectivity index (χ4n) is 5.51. The van der Waals surface area contributed by atoms with Crippen LogP contribution in [0.15, 0.2) is 23.1 Å². The normalized spacial score (nSPS) is 31.5. The highest BCUT2D eigenvalue weighted by Crippen LogP contribution is 2.57. The molecular formula is C24H37ClN2O3S. The molecule has 1 saturated heterocycles. The Kier molecular flexibility index (Phi) is 6.87. The molecule has 1 aliphatic heterocycles. The predicted octanol–water partition coefficient (Wildman–Crippen LogP) is 5.02. The molecule has 1 aliphatic carbocycles. The van der Waals surface area contributed by atoms with Gasteiger partial charge in [0.2, 0.25) is 15.9 Å². The van der Waals surface area contributed by atoms with Crippen LogP contribution in [0.3, 0.4) is 0 Å². The molecule has 0 aromatic heterocycles. The van der Waals surface area contributed by atoms with Crippen molar-refractivity contribution in [3.05, 3.63) is 28.8 Å². The molecule has 174 valence electrons. The number of nitrogens with zero attached hydrogens (tertiary/aromatic N) is 1. The van der Waals surface area contributed by atoms with E-state index in [0.717, 1.165) is 12.8 Å². The third-order valence-electron chi connectivity index (χ3n) is 8.70. The number of piperidine rings is 1. The third kappa shape index (κ3) is 4.16. The monoisotopic (exact) mass is 468 g/mol. The van der Waals surface area contributed by atoms with Gasteiger partial charge in [-0.2, -0.15) is 4.31 Å². The van der Waals surface area contributed by atoms with E-state index in [1.807, 2.05) is 0 Å². The Bertz CT molecular complexity index is 946. The van der Waals surface area contributed by atoms with Gasteiger partial charge in [-0.3, -0.25) is 4.79 Å². The minimum absolute atomic E-state index is 0.0143. The summed E-state index contributed by atoms with van der Waals surface area (Å²) in [6.07, 6.45) is 3.34. The molecule has 3 rings (SSSR count). The van der Waals surface area contributed by atoms with E-state index in [2.05, 4.69) is 39.9 Å². The predicted molar refractivity (Wildman–Crippen MR) is 126 cm³/mol. The Morgan fingerprint density at radius 3 is 2.61 bits per heavy atom. The Morgan fingerprint density at radius 1 is 1.29 bits per heavy atom. The zero-order chi connectivity index (χ0) is 23.2. The van der Waals surface area contributed by atoms with Crippen molar-refractivity contribution in [2.24, 2.45) is 22.7 Å². The van der Waals surface area contributed by atoms with Gasteiger partial charge in [-0.15, -0.1) is 0 Å². The Labute approximate surface area is 193 Å². The summed E-state index contributed by atoms with van der Waals surface area (Å²) in [5, 5.41) is 3.76. The van der Waals surface area contributed by atoms with Crippen LogP contribution in [0.25, 0.3) is 0 Å². The maximum atomic E-state index is 13.3. The Morgan fingerprint density at radius 2 is 1.97 bits per heavy atom. The first kappa shape index (κ1) is 24.5. The van der Waals surface area contributed by atoms with Crippen molar-refractivity contribution in [1.29, 1.82) is 0 Å². The number of benzene rings is 1. The summed E-state index contributed by atoms with van der Waals surface area (Å²) >= 11 is 6.16. The van der Waals surface area contributed by atoms with Crippen molar-refractivity contribution >= 4 is 27.5 Å². The lowest BCUT2D eigenvalue weighted by Crippen LogP contribution is -2.52. The third-order valence-corrected chi connectivity index (χ3v) is 11.1. The van der Waals surface area contributed by atoms with E-state index < -0.39 is 10.0 Å². The zero-order valence-electron chi connectivity index (χ0n) is 19.7. The first-order valence-corrected chi connectivity index (χ1v) is 13.2. The smallest absolute Gasteiger partial charge is 0.243 e. The molecule has 4 atom stereocenters. The molecule has 1 heterocycles. The molecule has 31 heavy (non-hydrogen) atoms. The number of rotatable bonds is 5. The summed E-state index contributed by atoms with van der Waals surface area (Å²) in [6.45, 7) is 13.7. The largest absolute Gasteiger partial charge is 0.353 e. The van der Waals surface area contributed by atoms with E-state index in [1.165, 1.54) is 4.31 Å². The molecule has 1 aromatic carbocycles. The van der Waals surface area contributed by atoms with Gasteiger partial charge in [-0.05, 0) is 67.1 Å². The number of carbonyl (C=O) groups is 1. The molecule has 1 saturated carbocycles. The molecular weight excluding hydrogens is 432 g/mol. The van der Waals surface area contributed by atoms with E-state index in [0.29, 0.717) is 35.9 Å². The zero-order valence-corrected chi connectivity index (χ0v) is 21.2. The van der Waals surface area contributed by atoms with Crippen molar-refractivity contribution in [2.75, 3.05) is 13.1 Å². The Balaban J connectivity index is 1.76. The molecule has 0 bridgehead atoms. The van der Waals surface area contributed by atoms with Crippen LogP contribution in [-0.4, -0.2) is 37.8 Å². The molecule has 1 amide bonds. The van der Waals surface area contributed by atoms with Crippen molar-refractivity contribution in [3.8, 4) is 0 Å². The highest BCUT2D eigenvalue weighted by Gasteiger charge is 2.55. The SMILES string of the molecule is CCC1(C)[C@@H](NC(=O)C2CCCN(S(=O)(=O)c3cccc(Cl)c3C)C2)C[C@H](C)C1(C)C. The summed E-state index contributed by atoms with van der Waals surface area (Å²) < 4.78 is 28.0. The second kappa shape index (κ2) is 8.68. The van der Waals surface area contributed by atoms with Crippen LogP contribution in [0.5, 0.6) is 0 Å². The van der Waals surface area contributed by atoms with Gasteiger partial charge in [0.1, 0.15) is 0 Å². The van der Waals surface area contributed by atoms with Gasteiger partial charge in [-0.1, -0.05) is 52.3 Å². The first-order valence-electron chi connectivity index (χ1n) is 11.4. The maximum Gasteiger partial charge on any atom is 0.243 e. The molecule has 7 heteroatoms. The van der Waals surface area contributed by atoms with Crippen LogP contribution < -0.4 is 5.32 Å². The molecule has 2 aliphatic rings. The van der Waals surface area contributed by atoms with Crippen LogP contribution in [-0.2, 0) is 14.8 Å². The number of hydrogen-bond acceptors (Lipinski definition) is 3. The Hall–Kier alpha value is -1.11.